The van der Waals surface area contributed by atoms with Crippen LogP contribution in [0.1, 0.15) is 63.0 Å². The van der Waals surface area contributed by atoms with E-state index in [1.54, 1.807) is 0 Å². The lowest BCUT2D eigenvalue weighted by Gasteiger charge is -2.32. The van der Waals surface area contributed by atoms with Crippen molar-refractivity contribution < 1.29 is 9.53 Å². The summed E-state index contributed by atoms with van der Waals surface area (Å²) in [5.74, 6) is 1.77. The summed E-state index contributed by atoms with van der Waals surface area (Å²) in [5.41, 5.74) is 26.1. The lowest BCUT2D eigenvalue weighted by atomic mass is 9.93. The summed E-state index contributed by atoms with van der Waals surface area (Å²) >= 11 is 0. The zero-order chi connectivity index (χ0) is 30.6. The number of nitrogens with two attached hydrogens (primary N) is 4. The summed E-state index contributed by atoms with van der Waals surface area (Å²) in [4.78, 5) is 29.8. The number of carbonyl (C=O) groups is 1. The summed E-state index contributed by atoms with van der Waals surface area (Å²) < 4.78 is 5.71. The molecule has 0 unspecified atom stereocenters. The third-order valence-corrected chi connectivity index (χ3v) is 8.04. The van der Waals surface area contributed by atoms with Gasteiger partial charge in [0.2, 0.25) is 5.91 Å². The molecule has 1 amide bonds. The maximum atomic E-state index is 12.3. The van der Waals surface area contributed by atoms with E-state index < -0.39 is 6.04 Å². The molecule has 2 aromatic rings. The number of unbranched alkanes of at least 4 members (excludes halogenated alkanes) is 1. The molecule has 0 aliphatic carbocycles. The van der Waals surface area contributed by atoms with Crippen molar-refractivity contribution in [3.63, 3.8) is 0 Å². The van der Waals surface area contributed by atoms with E-state index in [1.165, 1.54) is 11.1 Å². The van der Waals surface area contributed by atoms with E-state index in [9.17, 15) is 4.79 Å². The van der Waals surface area contributed by atoms with Crippen LogP contribution in [0.3, 0.4) is 0 Å². The highest BCUT2D eigenvalue weighted by Crippen LogP contribution is 2.35. The van der Waals surface area contributed by atoms with E-state index in [2.05, 4.69) is 66.6 Å². The number of hydrogen-bond donors (Lipinski definition) is 6. The highest BCUT2D eigenvalue weighted by Gasteiger charge is 2.25. The van der Waals surface area contributed by atoms with Crippen molar-refractivity contribution in [1.82, 2.24) is 20.2 Å². The van der Waals surface area contributed by atoms with Gasteiger partial charge in [0, 0.05) is 26.2 Å². The predicted octanol–water partition coefficient (Wildman–Crippen LogP) is 1.73. The summed E-state index contributed by atoms with van der Waals surface area (Å²) in [5, 5.41) is 6.31. The molecule has 4 rings (SSSR count). The summed E-state index contributed by atoms with van der Waals surface area (Å²) in [6.07, 6.45) is 6.48. The zero-order valence-electron chi connectivity index (χ0n) is 25.4. The Kier molecular flexibility index (Phi) is 12.0. The lowest BCUT2D eigenvalue weighted by Crippen LogP contribution is -2.42. The van der Waals surface area contributed by atoms with E-state index in [4.69, 9.17) is 27.7 Å². The topological polar surface area (TPSA) is 199 Å². The van der Waals surface area contributed by atoms with E-state index in [0.29, 0.717) is 57.0 Å². The van der Waals surface area contributed by atoms with Gasteiger partial charge in [-0.2, -0.15) is 9.97 Å². The predicted molar refractivity (Wildman–Crippen MR) is 171 cm³/mol. The average Bonchev–Trinajstić information content (AvgIpc) is 3.40. The van der Waals surface area contributed by atoms with E-state index in [0.717, 1.165) is 69.8 Å². The van der Waals surface area contributed by atoms with Crippen LogP contribution in [-0.2, 0) is 17.9 Å². The van der Waals surface area contributed by atoms with Crippen LogP contribution in [0.2, 0.25) is 0 Å². The number of carbonyl (C=O) groups excluding carboxylic acids is 1. The number of amides is 1. The second-order valence-corrected chi connectivity index (χ2v) is 11.5. The molecule has 1 aromatic heterocycles. The molecule has 13 nitrogen and oxygen atoms in total. The molecule has 0 radical (unpaired) electrons. The van der Waals surface area contributed by atoms with Gasteiger partial charge in [-0.25, -0.2) is 0 Å². The Balaban J connectivity index is 1.16. The Bertz CT molecular complexity index is 1200. The molecule has 2 aliphatic heterocycles. The molecule has 236 valence electrons. The largest absolute Gasteiger partial charge is 0.463 e. The Morgan fingerprint density at radius 3 is 2.56 bits per heavy atom. The third-order valence-electron chi connectivity index (χ3n) is 8.04. The molecule has 43 heavy (non-hydrogen) atoms. The second kappa shape index (κ2) is 16.1. The Hall–Kier alpha value is -3.84. The number of nitrogen functional groups attached to an aromatic ring is 1. The number of anilines is 3. The fourth-order valence-electron chi connectivity index (χ4n) is 5.44. The van der Waals surface area contributed by atoms with Gasteiger partial charge < -0.3 is 43.2 Å². The minimum absolute atomic E-state index is 0.0604. The van der Waals surface area contributed by atoms with Gasteiger partial charge in [0.05, 0.1) is 19.3 Å². The molecular weight excluding hydrogens is 546 g/mol. The standard InChI is InChI=1S/C30H49N11O2/c1-2-3-17-43-30-38-26(32)25-27(39-30)41(20-37-25)19-23-8-6-22(7-9-23)18-40-15-11-21(12-16-40)10-14-35-28(42)24(31)5-4-13-36-29(33)34/h6-9,21,24,37H,2-5,10-20,31H2,1H3,(H,35,42)(H2,32,38,39)(H4,33,34,36)/t24-/m1/s1. The highest BCUT2D eigenvalue weighted by atomic mass is 16.5. The number of nitrogens with zero attached hydrogens (tertiary/aromatic N) is 5. The normalized spacial score (nSPS) is 15.9. The van der Waals surface area contributed by atoms with Gasteiger partial charge >= 0.3 is 6.01 Å². The maximum absolute atomic E-state index is 12.3. The van der Waals surface area contributed by atoms with Crippen molar-refractivity contribution in [2.24, 2.45) is 28.1 Å². The fraction of sp³-hybridized carbons (Fsp3) is 0.600. The van der Waals surface area contributed by atoms with Gasteiger partial charge in [0.15, 0.2) is 17.6 Å². The number of rotatable bonds is 16. The molecule has 2 aliphatic rings. The molecule has 1 aromatic carbocycles. The van der Waals surface area contributed by atoms with Crippen molar-refractivity contribution in [3.8, 4) is 6.01 Å². The minimum atomic E-state index is -0.527. The van der Waals surface area contributed by atoms with E-state index in [1.807, 2.05) is 0 Å². The monoisotopic (exact) mass is 595 g/mol. The number of aromatic nitrogens is 2. The molecule has 3 heterocycles. The summed E-state index contributed by atoms with van der Waals surface area (Å²) in [7, 11) is 0. The van der Waals surface area contributed by atoms with Gasteiger partial charge in [0.25, 0.3) is 0 Å². The van der Waals surface area contributed by atoms with Gasteiger partial charge in [-0.15, -0.1) is 0 Å². The molecule has 1 saturated heterocycles. The first-order valence-corrected chi connectivity index (χ1v) is 15.5. The van der Waals surface area contributed by atoms with Gasteiger partial charge in [-0.1, -0.05) is 37.6 Å². The number of hydrogen-bond acceptors (Lipinski definition) is 10. The van der Waals surface area contributed by atoms with E-state index in [-0.39, 0.29) is 11.9 Å². The van der Waals surface area contributed by atoms with Crippen LogP contribution >= 0.6 is 0 Å². The maximum Gasteiger partial charge on any atom is 0.320 e. The van der Waals surface area contributed by atoms with Crippen LogP contribution in [0.5, 0.6) is 6.01 Å². The molecule has 13 heteroatoms. The van der Waals surface area contributed by atoms with Crippen LogP contribution in [0.25, 0.3) is 0 Å². The summed E-state index contributed by atoms with van der Waals surface area (Å²) in [6.45, 7) is 8.25. The third kappa shape index (κ3) is 9.85. The van der Waals surface area contributed by atoms with Crippen LogP contribution in [0, 0.1) is 5.92 Å². The van der Waals surface area contributed by atoms with E-state index >= 15 is 0 Å². The number of benzene rings is 1. The second-order valence-electron chi connectivity index (χ2n) is 11.5. The average molecular weight is 596 g/mol. The molecule has 1 atom stereocenters. The van der Waals surface area contributed by atoms with Crippen molar-refractivity contribution in [2.75, 3.05) is 55.4 Å². The number of aliphatic imine (C=N–C) groups is 1. The number of piperidine rings is 1. The van der Waals surface area contributed by atoms with Gasteiger partial charge in [-0.05, 0) is 68.7 Å². The zero-order valence-corrected chi connectivity index (χ0v) is 25.4. The number of guanidine groups is 1. The molecule has 0 saturated carbocycles. The van der Waals surface area contributed by atoms with Crippen LogP contribution in [0.15, 0.2) is 29.3 Å². The molecule has 10 N–H and O–H groups in total. The quantitative estimate of drug-likeness (QED) is 0.0938. The SMILES string of the molecule is CCCCOc1nc(N)c2c(n1)N(Cc1ccc(CN3CCC(CCNC(=O)[C@H](N)CCCN=C(N)N)CC3)cc1)CN2. The van der Waals surface area contributed by atoms with Crippen molar-refractivity contribution in [1.29, 1.82) is 0 Å². The number of likely N-dealkylation sites (tertiary alicyclic amines) is 1. The number of fused-ring (bicyclic) bond motifs is 1. The van der Waals surface area contributed by atoms with Crippen molar-refractivity contribution in [2.45, 2.75) is 71.0 Å². The molecular formula is C30H49N11O2. The first-order chi connectivity index (χ1) is 20.8. The minimum Gasteiger partial charge on any atom is -0.463 e. The van der Waals surface area contributed by atoms with Gasteiger partial charge in [-0.3, -0.25) is 14.7 Å². The van der Waals surface area contributed by atoms with Crippen molar-refractivity contribution in [3.05, 3.63) is 35.4 Å². The Morgan fingerprint density at radius 1 is 1.14 bits per heavy atom. The Morgan fingerprint density at radius 2 is 1.86 bits per heavy atom. The number of ether oxygens (including phenoxy) is 1. The highest BCUT2D eigenvalue weighted by molar-refractivity contribution is 5.81. The molecule has 0 bridgehead atoms. The lowest BCUT2D eigenvalue weighted by molar-refractivity contribution is -0.122. The number of nitrogens with one attached hydrogen (secondary N) is 2. The molecule has 1 fully saturated rings. The molecule has 0 spiro atoms. The summed E-state index contributed by atoms with van der Waals surface area (Å²) in [6, 6.07) is 8.62. The fourth-order valence-corrected chi connectivity index (χ4v) is 5.44. The Labute approximate surface area is 254 Å². The van der Waals surface area contributed by atoms with Gasteiger partial charge in [0.1, 0.15) is 5.69 Å². The van der Waals surface area contributed by atoms with Crippen molar-refractivity contribution >= 4 is 29.2 Å². The smallest absolute Gasteiger partial charge is 0.320 e. The van der Waals surface area contributed by atoms with Crippen LogP contribution < -0.4 is 43.2 Å². The van der Waals surface area contributed by atoms with Crippen LogP contribution in [-0.4, -0.2) is 72.2 Å². The van der Waals surface area contributed by atoms with Crippen LogP contribution in [0.4, 0.5) is 17.3 Å². The first kappa shape index (κ1) is 32.1. The first-order valence-electron chi connectivity index (χ1n) is 15.5.